The molecule has 0 aliphatic heterocycles. The average Bonchev–Trinajstić information content (AvgIpc) is 2.55. The Bertz CT molecular complexity index is 683. The van der Waals surface area contributed by atoms with Gasteiger partial charge in [0.1, 0.15) is 5.82 Å². The molecule has 0 bridgehead atoms. The highest BCUT2D eigenvalue weighted by atomic mass is 19.1. The number of carbonyl (C=O) groups is 1. The van der Waals surface area contributed by atoms with E-state index in [9.17, 15) is 9.18 Å². The molecule has 0 saturated carbocycles. The van der Waals surface area contributed by atoms with Gasteiger partial charge in [0.15, 0.2) is 0 Å². The Morgan fingerprint density at radius 3 is 2.46 bits per heavy atom. The number of hydrogen-bond acceptors (Lipinski definition) is 1. The number of unbranched alkanes of at least 4 members (excludes halogenated alkanes) is 1. The predicted octanol–water partition coefficient (Wildman–Crippen LogP) is 5.28. The number of aryl methyl sites for hydroxylation is 2. The Kier molecular flexibility index (Phi) is 6.36. The molecule has 0 heterocycles. The Hall–Kier alpha value is -2.36. The summed E-state index contributed by atoms with van der Waals surface area (Å²) in [6.07, 6.45) is 1.94. The van der Waals surface area contributed by atoms with Crippen molar-refractivity contribution in [2.45, 2.75) is 40.2 Å². The molecule has 0 atom stereocenters. The quantitative estimate of drug-likeness (QED) is 0.769. The Labute approximate surface area is 143 Å². The van der Waals surface area contributed by atoms with E-state index >= 15 is 0 Å². The summed E-state index contributed by atoms with van der Waals surface area (Å²) < 4.78 is 13.1. The number of carbonyl (C=O) groups excluding carboxylic acids is 1. The second kappa shape index (κ2) is 8.48. The number of amides is 2. The van der Waals surface area contributed by atoms with Crippen LogP contribution in [0.2, 0.25) is 0 Å². The third-order valence-electron chi connectivity index (χ3n) is 3.98. The van der Waals surface area contributed by atoms with Crippen LogP contribution in [0.15, 0.2) is 42.5 Å². The number of rotatable bonds is 6. The number of urea groups is 1. The minimum Gasteiger partial charge on any atom is -0.320 e. The van der Waals surface area contributed by atoms with Crippen molar-refractivity contribution in [2.24, 2.45) is 0 Å². The summed E-state index contributed by atoms with van der Waals surface area (Å²) in [5.41, 5.74) is 3.95. The molecule has 24 heavy (non-hydrogen) atoms. The number of anilines is 1. The van der Waals surface area contributed by atoms with Crippen molar-refractivity contribution in [3.05, 3.63) is 65.0 Å². The fourth-order valence-electron chi connectivity index (χ4n) is 2.56. The zero-order chi connectivity index (χ0) is 17.5. The molecule has 0 radical (unpaired) electrons. The summed E-state index contributed by atoms with van der Waals surface area (Å²) in [4.78, 5) is 14.4. The van der Waals surface area contributed by atoms with Crippen LogP contribution in [0.5, 0.6) is 0 Å². The van der Waals surface area contributed by atoms with E-state index in [4.69, 9.17) is 0 Å². The predicted molar refractivity (Wildman–Crippen MR) is 96.7 cm³/mol. The number of nitrogens with one attached hydrogen (secondary N) is 1. The molecule has 0 aliphatic rings. The zero-order valence-electron chi connectivity index (χ0n) is 14.6. The molecule has 0 aliphatic carbocycles. The second-order valence-corrected chi connectivity index (χ2v) is 6.15. The van der Waals surface area contributed by atoms with E-state index in [1.165, 1.54) is 17.7 Å². The normalized spacial score (nSPS) is 10.5. The molecular formula is C20H25FN2O. The lowest BCUT2D eigenvalue weighted by atomic mass is 10.1. The molecule has 3 nitrogen and oxygen atoms in total. The third-order valence-corrected chi connectivity index (χ3v) is 3.98. The first-order valence-electron chi connectivity index (χ1n) is 8.37. The molecule has 0 fully saturated rings. The van der Waals surface area contributed by atoms with Crippen LogP contribution in [-0.4, -0.2) is 17.5 Å². The van der Waals surface area contributed by atoms with E-state index in [-0.39, 0.29) is 11.8 Å². The Morgan fingerprint density at radius 2 is 1.83 bits per heavy atom. The van der Waals surface area contributed by atoms with Gasteiger partial charge >= 0.3 is 6.03 Å². The first-order valence-corrected chi connectivity index (χ1v) is 8.37. The van der Waals surface area contributed by atoms with Gasteiger partial charge in [-0.1, -0.05) is 43.2 Å². The van der Waals surface area contributed by atoms with Crippen LogP contribution in [0.25, 0.3) is 0 Å². The SMILES string of the molecule is CCCCN(Cc1ccc(F)cc1)C(=O)Nc1ccc(C)cc1C. The lowest BCUT2D eigenvalue weighted by molar-refractivity contribution is 0.208. The van der Waals surface area contributed by atoms with Crippen LogP contribution in [0, 0.1) is 19.7 Å². The monoisotopic (exact) mass is 328 g/mol. The molecule has 0 unspecified atom stereocenters. The number of nitrogens with zero attached hydrogens (tertiary/aromatic N) is 1. The topological polar surface area (TPSA) is 32.3 Å². The van der Waals surface area contributed by atoms with E-state index < -0.39 is 0 Å². The van der Waals surface area contributed by atoms with Gasteiger partial charge in [0, 0.05) is 18.8 Å². The molecule has 2 aromatic rings. The highest BCUT2D eigenvalue weighted by molar-refractivity contribution is 5.90. The van der Waals surface area contributed by atoms with E-state index in [1.807, 2.05) is 32.0 Å². The summed E-state index contributed by atoms with van der Waals surface area (Å²) in [7, 11) is 0. The summed E-state index contributed by atoms with van der Waals surface area (Å²) in [6.45, 7) is 7.25. The van der Waals surface area contributed by atoms with Gasteiger partial charge in [-0.15, -0.1) is 0 Å². The van der Waals surface area contributed by atoms with Crippen LogP contribution < -0.4 is 5.32 Å². The smallest absolute Gasteiger partial charge is 0.320 e. The summed E-state index contributed by atoms with van der Waals surface area (Å²) in [6, 6.07) is 12.1. The first-order chi connectivity index (χ1) is 11.5. The maximum atomic E-state index is 13.1. The largest absolute Gasteiger partial charge is 0.322 e. The molecule has 128 valence electrons. The second-order valence-electron chi connectivity index (χ2n) is 6.15. The molecule has 0 spiro atoms. The lowest BCUT2D eigenvalue weighted by Gasteiger charge is -2.24. The van der Waals surface area contributed by atoms with Gasteiger partial charge in [-0.25, -0.2) is 9.18 Å². The molecule has 4 heteroatoms. The van der Waals surface area contributed by atoms with Gasteiger partial charge in [0.2, 0.25) is 0 Å². The molecule has 2 aromatic carbocycles. The number of benzene rings is 2. The standard InChI is InChI=1S/C20H25FN2O/c1-4-5-12-23(14-17-7-9-18(21)10-8-17)20(24)22-19-11-6-15(2)13-16(19)3/h6-11,13H,4-5,12,14H2,1-3H3,(H,22,24). The summed E-state index contributed by atoms with van der Waals surface area (Å²) in [5.74, 6) is -0.265. The van der Waals surface area contributed by atoms with Crippen molar-refractivity contribution in [3.63, 3.8) is 0 Å². The molecule has 2 rings (SSSR count). The fourth-order valence-corrected chi connectivity index (χ4v) is 2.56. The highest BCUT2D eigenvalue weighted by Gasteiger charge is 2.14. The maximum Gasteiger partial charge on any atom is 0.322 e. The van der Waals surface area contributed by atoms with Crippen LogP contribution >= 0.6 is 0 Å². The van der Waals surface area contributed by atoms with E-state index in [0.29, 0.717) is 13.1 Å². The highest BCUT2D eigenvalue weighted by Crippen LogP contribution is 2.17. The van der Waals surface area contributed by atoms with Crippen molar-refractivity contribution < 1.29 is 9.18 Å². The molecular weight excluding hydrogens is 303 g/mol. The van der Waals surface area contributed by atoms with E-state index in [2.05, 4.69) is 12.2 Å². The average molecular weight is 328 g/mol. The van der Waals surface area contributed by atoms with E-state index in [1.54, 1.807) is 17.0 Å². The van der Waals surface area contributed by atoms with Gasteiger partial charge in [-0.05, 0) is 49.6 Å². The van der Waals surface area contributed by atoms with Gasteiger partial charge < -0.3 is 10.2 Å². The van der Waals surface area contributed by atoms with Crippen LogP contribution in [-0.2, 0) is 6.54 Å². The van der Waals surface area contributed by atoms with Crippen LogP contribution in [0.3, 0.4) is 0 Å². The zero-order valence-corrected chi connectivity index (χ0v) is 14.6. The van der Waals surface area contributed by atoms with Gasteiger partial charge in [-0.2, -0.15) is 0 Å². The minimum atomic E-state index is -0.265. The van der Waals surface area contributed by atoms with Crippen molar-refractivity contribution >= 4 is 11.7 Å². The Morgan fingerprint density at radius 1 is 1.12 bits per heavy atom. The third kappa shape index (κ3) is 5.08. The van der Waals surface area contributed by atoms with E-state index in [0.717, 1.165) is 29.7 Å². The summed E-state index contributed by atoms with van der Waals surface area (Å²) >= 11 is 0. The fraction of sp³-hybridized carbons (Fsp3) is 0.350. The Balaban J connectivity index is 2.10. The lowest BCUT2D eigenvalue weighted by Crippen LogP contribution is -2.35. The minimum absolute atomic E-state index is 0.125. The summed E-state index contributed by atoms with van der Waals surface area (Å²) in [5, 5.41) is 2.99. The van der Waals surface area contributed by atoms with Gasteiger partial charge in [-0.3, -0.25) is 0 Å². The van der Waals surface area contributed by atoms with Crippen molar-refractivity contribution in [1.29, 1.82) is 0 Å². The van der Waals surface area contributed by atoms with Gasteiger partial charge in [0.25, 0.3) is 0 Å². The first kappa shape index (κ1) is 18.0. The molecule has 1 N–H and O–H groups in total. The van der Waals surface area contributed by atoms with Crippen molar-refractivity contribution in [2.75, 3.05) is 11.9 Å². The van der Waals surface area contributed by atoms with Crippen LogP contribution in [0.4, 0.5) is 14.9 Å². The number of hydrogen-bond donors (Lipinski definition) is 1. The number of halogens is 1. The van der Waals surface area contributed by atoms with Crippen LogP contribution in [0.1, 0.15) is 36.5 Å². The van der Waals surface area contributed by atoms with Crippen molar-refractivity contribution in [1.82, 2.24) is 4.90 Å². The molecule has 0 aromatic heterocycles. The maximum absolute atomic E-state index is 13.1. The van der Waals surface area contributed by atoms with Gasteiger partial charge in [0.05, 0.1) is 0 Å². The van der Waals surface area contributed by atoms with Crippen molar-refractivity contribution in [3.8, 4) is 0 Å². The molecule has 0 saturated heterocycles. The molecule has 2 amide bonds.